The maximum atomic E-state index is 5.87. The lowest BCUT2D eigenvalue weighted by Gasteiger charge is -2.36. The zero-order chi connectivity index (χ0) is 29.6. The van der Waals surface area contributed by atoms with Crippen LogP contribution >= 0.6 is 0 Å². The summed E-state index contributed by atoms with van der Waals surface area (Å²) in [7, 11) is 0. The number of terminal acetylenes is 1. The molecule has 0 aromatic heterocycles. The SMILES string of the molecule is C#Cc1ccc(CC2CCC(C(C(=C)CCc3ccccc3)c3ccc(C4=CC(C)C=C4)cc3)CC2)cc1CC1CCC1. The Morgan fingerprint density at radius 3 is 2.26 bits per heavy atom. The van der Waals surface area contributed by atoms with E-state index in [1.54, 1.807) is 0 Å². The van der Waals surface area contributed by atoms with E-state index in [2.05, 4.69) is 104 Å². The van der Waals surface area contributed by atoms with Crippen molar-refractivity contribution in [3.8, 4) is 12.3 Å². The van der Waals surface area contributed by atoms with Gasteiger partial charge in [0.1, 0.15) is 0 Å². The molecule has 6 rings (SSSR count). The fraction of sp³-hybridized carbons (Fsp3) is 0.395. The van der Waals surface area contributed by atoms with Gasteiger partial charge in [-0.25, -0.2) is 0 Å². The number of benzene rings is 3. The summed E-state index contributed by atoms with van der Waals surface area (Å²) in [6.45, 7) is 6.99. The van der Waals surface area contributed by atoms with Crippen LogP contribution in [0.5, 0.6) is 0 Å². The lowest BCUT2D eigenvalue weighted by Crippen LogP contribution is -2.23. The molecule has 220 valence electrons. The van der Waals surface area contributed by atoms with Crippen LogP contribution in [0.15, 0.2) is 103 Å². The highest BCUT2D eigenvalue weighted by Gasteiger charge is 2.30. The van der Waals surface area contributed by atoms with Crippen LogP contribution in [-0.4, -0.2) is 0 Å². The molecule has 0 nitrogen and oxygen atoms in total. The van der Waals surface area contributed by atoms with Gasteiger partial charge in [0.15, 0.2) is 0 Å². The molecule has 3 aromatic carbocycles. The molecule has 43 heavy (non-hydrogen) atoms. The van der Waals surface area contributed by atoms with Gasteiger partial charge in [0, 0.05) is 11.5 Å². The third-order valence-electron chi connectivity index (χ3n) is 10.6. The highest BCUT2D eigenvalue weighted by atomic mass is 14.4. The van der Waals surface area contributed by atoms with E-state index in [0.29, 0.717) is 17.8 Å². The van der Waals surface area contributed by atoms with Crippen molar-refractivity contribution in [3.05, 3.63) is 137 Å². The van der Waals surface area contributed by atoms with Crippen molar-refractivity contribution in [2.45, 2.75) is 83.5 Å². The van der Waals surface area contributed by atoms with Crippen molar-refractivity contribution in [3.63, 3.8) is 0 Å². The van der Waals surface area contributed by atoms with Crippen LogP contribution in [0.25, 0.3) is 5.57 Å². The van der Waals surface area contributed by atoms with E-state index in [1.165, 1.54) is 90.3 Å². The second-order valence-corrected chi connectivity index (χ2v) is 13.7. The number of hydrogen-bond donors (Lipinski definition) is 0. The molecule has 0 aliphatic heterocycles. The van der Waals surface area contributed by atoms with Crippen molar-refractivity contribution in [1.82, 2.24) is 0 Å². The summed E-state index contributed by atoms with van der Waals surface area (Å²) >= 11 is 0. The molecule has 0 heteroatoms. The number of aryl methyl sites for hydroxylation is 1. The summed E-state index contributed by atoms with van der Waals surface area (Å²) in [5.74, 6) is 6.16. The zero-order valence-corrected chi connectivity index (χ0v) is 26.1. The predicted octanol–water partition coefficient (Wildman–Crippen LogP) is 10.9. The minimum atomic E-state index is 0.426. The van der Waals surface area contributed by atoms with Crippen molar-refractivity contribution in [2.75, 3.05) is 0 Å². The molecule has 0 N–H and O–H groups in total. The summed E-state index contributed by atoms with van der Waals surface area (Å²) in [5, 5.41) is 0. The summed E-state index contributed by atoms with van der Waals surface area (Å²) in [5.41, 5.74) is 10.9. The molecule has 2 saturated carbocycles. The molecule has 0 spiro atoms. The van der Waals surface area contributed by atoms with E-state index in [0.717, 1.165) is 36.7 Å². The minimum Gasteiger partial charge on any atom is -0.115 e. The van der Waals surface area contributed by atoms with E-state index < -0.39 is 0 Å². The Bertz CT molecular complexity index is 1480. The molecule has 2 atom stereocenters. The van der Waals surface area contributed by atoms with Crippen LogP contribution in [0.1, 0.15) is 97.6 Å². The van der Waals surface area contributed by atoms with Crippen molar-refractivity contribution in [2.24, 2.45) is 23.7 Å². The third kappa shape index (κ3) is 7.33. The lowest BCUT2D eigenvalue weighted by molar-refractivity contribution is 0.252. The topological polar surface area (TPSA) is 0 Å². The van der Waals surface area contributed by atoms with E-state index in [4.69, 9.17) is 13.0 Å². The summed E-state index contributed by atoms with van der Waals surface area (Å²) < 4.78 is 0. The van der Waals surface area contributed by atoms with E-state index >= 15 is 0 Å². The Hall–Kier alpha value is -3.56. The fourth-order valence-corrected chi connectivity index (χ4v) is 7.82. The summed E-state index contributed by atoms with van der Waals surface area (Å²) in [6.07, 6.45) is 26.5. The maximum Gasteiger partial charge on any atom is 0.0274 e. The van der Waals surface area contributed by atoms with E-state index in [1.807, 2.05) is 0 Å². The maximum absolute atomic E-state index is 5.87. The van der Waals surface area contributed by atoms with Crippen LogP contribution < -0.4 is 0 Å². The van der Waals surface area contributed by atoms with Crippen LogP contribution in [0, 0.1) is 36.0 Å². The highest BCUT2D eigenvalue weighted by Crippen LogP contribution is 2.44. The Labute approximate surface area is 261 Å². The first kappa shape index (κ1) is 29.5. The largest absolute Gasteiger partial charge is 0.115 e. The van der Waals surface area contributed by atoms with Gasteiger partial charge in [-0.1, -0.05) is 129 Å². The molecule has 0 bridgehead atoms. The molecule has 2 unspecified atom stereocenters. The minimum absolute atomic E-state index is 0.426. The smallest absolute Gasteiger partial charge is 0.0274 e. The molecular formula is C43H48. The van der Waals surface area contributed by atoms with Gasteiger partial charge in [0.2, 0.25) is 0 Å². The molecule has 0 saturated heterocycles. The first-order valence-corrected chi connectivity index (χ1v) is 16.9. The third-order valence-corrected chi connectivity index (χ3v) is 10.6. The molecule has 0 radical (unpaired) electrons. The van der Waals surface area contributed by atoms with Crippen molar-refractivity contribution in [1.29, 1.82) is 0 Å². The predicted molar refractivity (Wildman–Crippen MR) is 184 cm³/mol. The zero-order valence-electron chi connectivity index (χ0n) is 26.1. The normalized spacial score (nSPS) is 22.4. The fourth-order valence-electron chi connectivity index (χ4n) is 7.82. The Morgan fingerprint density at radius 1 is 0.860 bits per heavy atom. The molecule has 0 heterocycles. The van der Waals surface area contributed by atoms with Crippen LogP contribution in [0.2, 0.25) is 0 Å². The molecule has 2 fully saturated rings. The van der Waals surface area contributed by atoms with Crippen LogP contribution in [-0.2, 0) is 19.3 Å². The van der Waals surface area contributed by atoms with Gasteiger partial charge in [0.25, 0.3) is 0 Å². The molecular weight excluding hydrogens is 516 g/mol. The van der Waals surface area contributed by atoms with Crippen molar-refractivity contribution >= 4 is 5.57 Å². The van der Waals surface area contributed by atoms with Crippen molar-refractivity contribution < 1.29 is 0 Å². The Morgan fingerprint density at radius 2 is 1.60 bits per heavy atom. The number of hydrogen-bond acceptors (Lipinski definition) is 0. The van der Waals surface area contributed by atoms with Gasteiger partial charge in [-0.05, 0) is 114 Å². The Kier molecular flexibility index (Phi) is 9.48. The van der Waals surface area contributed by atoms with Gasteiger partial charge in [-0.2, -0.15) is 0 Å². The molecule has 3 aliphatic carbocycles. The van der Waals surface area contributed by atoms with Gasteiger partial charge in [-0.15, -0.1) is 6.42 Å². The molecule has 3 aromatic rings. The van der Waals surface area contributed by atoms with E-state index in [-0.39, 0.29) is 0 Å². The highest BCUT2D eigenvalue weighted by molar-refractivity contribution is 5.76. The number of allylic oxidation sites excluding steroid dienone is 5. The average molecular weight is 565 g/mol. The van der Waals surface area contributed by atoms with Crippen LogP contribution in [0.4, 0.5) is 0 Å². The van der Waals surface area contributed by atoms with Gasteiger partial charge < -0.3 is 0 Å². The molecule has 3 aliphatic rings. The standard InChI is InChI=1S/C43H48/c1-4-37-20-18-36(30-42(37)29-34-11-8-12-34)28-35-16-21-39(22-17-35)43(32(3)14-15-33-9-6-5-7-10-33)40-25-23-38(24-26-40)41-19-13-31(2)27-41/h1,5-7,9-10,13,18-20,23-27,30-31,34-35,39,43H,3,8,11-12,14-17,21-22,28-29H2,2H3. The lowest BCUT2D eigenvalue weighted by atomic mass is 9.69. The van der Waals surface area contributed by atoms with E-state index in [9.17, 15) is 0 Å². The second kappa shape index (κ2) is 13.8. The summed E-state index contributed by atoms with van der Waals surface area (Å²) in [4.78, 5) is 0. The second-order valence-electron chi connectivity index (χ2n) is 13.7. The first-order chi connectivity index (χ1) is 21.1. The summed E-state index contributed by atoms with van der Waals surface area (Å²) in [6, 6.07) is 27.3. The quantitative estimate of drug-likeness (QED) is 0.160. The van der Waals surface area contributed by atoms with Gasteiger partial charge in [-0.3, -0.25) is 0 Å². The Balaban J connectivity index is 1.14. The first-order valence-electron chi connectivity index (χ1n) is 16.9. The number of rotatable bonds is 11. The average Bonchev–Trinajstić information content (AvgIpc) is 3.46. The van der Waals surface area contributed by atoms with Gasteiger partial charge >= 0.3 is 0 Å². The van der Waals surface area contributed by atoms with Gasteiger partial charge in [0.05, 0.1) is 0 Å². The van der Waals surface area contributed by atoms with Crippen LogP contribution in [0.3, 0.4) is 0 Å². The monoisotopic (exact) mass is 564 g/mol. The molecule has 0 amide bonds.